The SMILES string of the molecule is N#CC1(NC(=O)C2CCCC(C(F)(F)F)C2)CCCCC1. The molecule has 2 rings (SSSR count). The lowest BCUT2D eigenvalue weighted by Crippen LogP contribution is -2.51. The van der Waals surface area contributed by atoms with Gasteiger partial charge < -0.3 is 5.32 Å². The van der Waals surface area contributed by atoms with E-state index in [0.717, 1.165) is 19.3 Å². The third-order valence-electron chi connectivity index (χ3n) is 4.79. The zero-order valence-electron chi connectivity index (χ0n) is 12.0. The first-order valence-electron chi connectivity index (χ1n) is 7.66. The molecule has 0 aromatic heterocycles. The van der Waals surface area contributed by atoms with Crippen molar-refractivity contribution in [2.75, 3.05) is 0 Å². The second-order valence-corrected chi connectivity index (χ2v) is 6.35. The number of amides is 1. The van der Waals surface area contributed by atoms with Gasteiger partial charge in [-0.05, 0) is 32.1 Å². The molecular weight excluding hydrogens is 281 g/mol. The fourth-order valence-electron chi connectivity index (χ4n) is 3.48. The van der Waals surface area contributed by atoms with Crippen molar-refractivity contribution < 1.29 is 18.0 Å². The van der Waals surface area contributed by atoms with E-state index in [0.29, 0.717) is 25.7 Å². The lowest BCUT2D eigenvalue weighted by Gasteiger charge is -2.35. The average Bonchev–Trinajstić information content (AvgIpc) is 2.47. The summed E-state index contributed by atoms with van der Waals surface area (Å²) in [6.45, 7) is 0. The number of halogens is 3. The van der Waals surface area contributed by atoms with Gasteiger partial charge in [0.2, 0.25) is 5.91 Å². The topological polar surface area (TPSA) is 52.9 Å². The minimum absolute atomic E-state index is 0.108. The number of nitrogens with one attached hydrogen (secondary N) is 1. The molecule has 0 aromatic carbocycles. The van der Waals surface area contributed by atoms with Gasteiger partial charge in [-0.25, -0.2) is 0 Å². The quantitative estimate of drug-likeness (QED) is 0.845. The van der Waals surface area contributed by atoms with Crippen LogP contribution in [0, 0.1) is 23.2 Å². The van der Waals surface area contributed by atoms with E-state index in [4.69, 9.17) is 0 Å². The van der Waals surface area contributed by atoms with Crippen LogP contribution in [0.2, 0.25) is 0 Å². The molecule has 1 N–H and O–H groups in total. The Morgan fingerprint density at radius 1 is 1.14 bits per heavy atom. The first-order valence-corrected chi connectivity index (χ1v) is 7.66. The Balaban J connectivity index is 1.98. The molecular formula is C15H21F3N2O. The van der Waals surface area contributed by atoms with E-state index in [-0.39, 0.29) is 18.7 Å². The molecule has 2 unspecified atom stereocenters. The molecule has 0 aliphatic heterocycles. The predicted octanol–water partition coefficient (Wildman–Crippen LogP) is 3.70. The summed E-state index contributed by atoms with van der Waals surface area (Å²) in [6.07, 6.45) is 0.646. The maximum atomic E-state index is 12.8. The molecule has 0 saturated heterocycles. The number of hydrogen-bond donors (Lipinski definition) is 1. The van der Waals surface area contributed by atoms with Crippen LogP contribution in [0.4, 0.5) is 13.2 Å². The molecule has 2 aliphatic rings. The van der Waals surface area contributed by atoms with Gasteiger partial charge >= 0.3 is 6.18 Å². The first kappa shape index (κ1) is 16.1. The Kier molecular flexibility index (Phi) is 4.80. The number of nitriles is 1. The standard InChI is InChI=1S/C15H21F3N2O/c16-15(17,18)12-6-4-5-11(9-12)13(21)20-14(10-19)7-2-1-3-8-14/h11-12H,1-9H2,(H,20,21). The van der Waals surface area contributed by atoms with Crippen molar-refractivity contribution in [1.29, 1.82) is 5.26 Å². The van der Waals surface area contributed by atoms with Crippen LogP contribution in [0.25, 0.3) is 0 Å². The van der Waals surface area contributed by atoms with Gasteiger partial charge in [0.25, 0.3) is 0 Å². The summed E-state index contributed by atoms with van der Waals surface area (Å²) in [4.78, 5) is 12.3. The van der Waals surface area contributed by atoms with Crippen molar-refractivity contribution in [2.45, 2.75) is 69.5 Å². The Hall–Kier alpha value is -1.25. The molecule has 0 heterocycles. The number of hydrogen-bond acceptors (Lipinski definition) is 2. The minimum Gasteiger partial charge on any atom is -0.338 e. The van der Waals surface area contributed by atoms with Crippen molar-refractivity contribution in [2.24, 2.45) is 11.8 Å². The van der Waals surface area contributed by atoms with Crippen molar-refractivity contribution in [3.8, 4) is 6.07 Å². The fraction of sp³-hybridized carbons (Fsp3) is 0.867. The van der Waals surface area contributed by atoms with E-state index in [2.05, 4.69) is 11.4 Å². The molecule has 118 valence electrons. The normalized spacial score (nSPS) is 29.4. The Morgan fingerprint density at radius 2 is 1.81 bits per heavy atom. The van der Waals surface area contributed by atoms with Crippen LogP contribution in [0.5, 0.6) is 0 Å². The summed E-state index contributed by atoms with van der Waals surface area (Å²) < 4.78 is 38.4. The van der Waals surface area contributed by atoms with Crippen LogP contribution in [0.3, 0.4) is 0 Å². The number of nitrogens with zero attached hydrogens (tertiary/aromatic N) is 1. The van der Waals surface area contributed by atoms with Gasteiger partial charge in [0.15, 0.2) is 0 Å². The highest BCUT2D eigenvalue weighted by molar-refractivity contribution is 5.80. The molecule has 3 nitrogen and oxygen atoms in total. The molecule has 21 heavy (non-hydrogen) atoms. The van der Waals surface area contributed by atoms with Crippen molar-refractivity contribution in [1.82, 2.24) is 5.32 Å². The number of rotatable bonds is 2. The van der Waals surface area contributed by atoms with E-state index < -0.39 is 23.6 Å². The van der Waals surface area contributed by atoms with Gasteiger partial charge in [-0.3, -0.25) is 4.79 Å². The Morgan fingerprint density at radius 3 is 2.38 bits per heavy atom. The molecule has 0 aromatic rings. The van der Waals surface area contributed by atoms with Gasteiger partial charge in [0.05, 0.1) is 12.0 Å². The summed E-state index contributed by atoms with van der Waals surface area (Å²) in [5, 5.41) is 12.1. The zero-order valence-corrected chi connectivity index (χ0v) is 12.0. The van der Waals surface area contributed by atoms with Crippen LogP contribution in [0.15, 0.2) is 0 Å². The van der Waals surface area contributed by atoms with E-state index >= 15 is 0 Å². The van der Waals surface area contributed by atoms with E-state index in [1.165, 1.54) is 0 Å². The lowest BCUT2D eigenvalue weighted by atomic mass is 9.78. The highest BCUT2D eigenvalue weighted by atomic mass is 19.4. The van der Waals surface area contributed by atoms with Gasteiger partial charge in [0.1, 0.15) is 5.54 Å². The third kappa shape index (κ3) is 3.90. The van der Waals surface area contributed by atoms with Crippen molar-refractivity contribution in [3.05, 3.63) is 0 Å². The van der Waals surface area contributed by atoms with Crippen LogP contribution in [-0.2, 0) is 4.79 Å². The van der Waals surface area contributed by atoms with Crippen LogP contribution in [-0.4, -0.2) is 17.6 Å². The third-order valence-corrected chi connectivity index (χ3v) is 4.79. The molecule has 0 bridgehead atoms. The largest absolute Gasteiger partial charge is 0.391 e. The predicted molar refractivity (Wildman–Crippen MR) is 71.1 cm³/mol. The summed E-state index contributed by atoms with van der Waals surface area (Å²) in [5.74, 6) is -2.36. The molecule has 6 heteroatoms. The van der Waals surface area contributed by atoms with Gasteiger partial charge in [-0.1, -0.05) is 25.7 Å². The van der Waals surface area contributed by atoms with Crippen LogP contribution in [0.1, 0.15) is 57.8 Å². The fourth-order valence-corrected chi connectivity index (χ4v) is 3.48. The van der Waals surface area contributed by atoms with E-state index in [1.54, 1.807) is 0 Å². The number of carbonyl (C=O) groups excluding carboxylic acids is 1. The first-order chi connectivity index (χ1) is 9.86. The average molecular weight is 302 g/mol. The smallest absolute Gasteiger partial charge is 0.338 e. The van der Waals surface area contributed by atoms with Crippen molar-refractivity contribution in [3.63, 3.8) is 0 Å². The molecule has 2 atom stereocenters. The summed E-state index contributed by atoms with van der Waals surface area (Å²) in [5.41, 5.74) is -0.861. The molecule has 2 saturated carbocycles. The Labute approximate surface area is 122 Å². The monoisotopic (exact) mass is 302 g/mol. The van der Waals surface area contributed by atoms with E-state index in [1.807, 2.05) is 0 Å². The van der Waals surface area contributed by atoms with Gasteiger partial charge in [-0.2, -0.15) is 18.4 Å². The summed E-state index contributed by atoms with van der Waals surface area (Å²) in [7, 11) is 0. The Bertz CT molecular complexity index is 422. The van der Waals surface area contributed by atoms with Gasteiger partial charge in [0, 0.05) is 5.92 Å². The molecule has 0 spiro atoms. The zero-order chi connectivity index (χ0) is 15.5. The minimum atomic E-state index is -4.23. The molecule has 2 fully saturated rings. The van der Waals surface area contributed by atoms with E-state index in [9.17, 15) is 23.2 Å². The van der Waals surface area contributed by atoms with Crippen molar-refractivity contribution >= 4 is 5.91 Å². The second kappa shape index (κ2) is 6.25. The molecule has 1 amide bonds. The summed E-state index contributed by atoms with van der Waals surface area (Å²) >= 11 is 0. The second-order valence-electron chi connectivity index (χ2n) is 6.35. The lowest BCUT2D eigenvalue weighted by molar-refractivity contribution is -0.186. The van der Waals surface area contributed by atoms with Crippen LogP contribution < -0.4 is 5.32 Å². The number of alkyl halides is 3. The maximum Gasteiger partial charge on any atom is 0.391 e. The molecule has 0 radical (unpaired) electrons. The number of carbonyl (C=O) groups is 1. The summed E-state index contributed by atoms with van der Waals surface area (Å²) in [6, 6.07) is 2.17. The van der Waals surface area contributed by atoms with Crippen LogP contribution >= 0.6 is 0 Å². The molecule has 2 aliphatic carbocycles. The highest BCUT2D eigenvalue weighted by Crippen LogP contribution is 2.40. The highest BCUT2D eigenvalue weighted by Gasteiger charge is 2.44. The maximum absolute atomic E-state index is 12.8. The van der Waals surface area contributed by atoms with Gasteiger partial charge in [-0.15, -0.1) is 0 Å².